The largest absolute Gasteiger partial charge is 0.478 e. The molecule has 3 aromatic rings. The second kappa shape index (κ2) is 7.79. The molecule has 2 N–H and O–H groups in total. The lowest BCUT2D eigenvalue weighted by Crippen LogP contribution is -2.20. The number of nitrogens with one attached hydrogen (secondary N) is 1. The van der Waals surface area contributed by atoms with Crippen LogP contribution in [-0.2, 0) is 6.54 Å². The van der Waals surface area contributed by atoms with Gasteiger partial charge in [-0.3, -0.25) is 4.98 Å². The summed E-state index contributed by atoms with van der Waals surface area (Å²) in [6.07, 6.45) is 4.78. The first kappa shape index (κ1) is 17.6. The summed E-state index contributed by atoms with van der Waals surface area (Å²) in [5.74, 6) is -0.260. The summed E-state index contributed by atoms with van der Waals surface area (Å²) in [5.41, 5.74) is 2.51. The summed E-state index contributed by atoms with van der Waals surface area (Å²) in [6, 6.07) is 11.4. The molecule has 1 aromatic carbocycles. The maximum absolute atomic E-state index is 11.5. The Kier molecular flexibility index (Phi) is 5.28. The molecule has 7 nitrogen and oxygen atoms in total. The molecule has 3 rings (SSSR count). The van der Waals surface area contributed by atoms with Crippen LogP contribution >= 0.6 is 0 Å². The minimum Gasteiger partial charge on any atom is -0.478 e. The molecule has 0 bridgehead atoms. The number of carboxylic acid groups (broad SMARTS) is 1. The Hall–Kier alpha value is -3.19. The molecule has 0 amide bonds. The third-order valence-electron chi connectivity index (χ3n) is 3.99. The van der Waals surface area contributed by atoms with E-state index in [-0.39, 0.29) is 5.56 Å². The van der Waals surface area contributed by atoms with E-state index in [2.05, 4.69) is 20.3 Å². The highest BCUT2D eigenvalue weighted by atomic mass is 16.4. The van der Waals surface area contributed by atoms with E-state index in [9.17, 15) is 9.90 Å². The molecule has 0 saturated carbocycles. The maximum atomic E-state index is 11.5. The van der Waals surface area contributed by atoms with Gasteiger partial charge in [-0.2, -0.15) is 5.10 Å². The Balaban J connectivity index is 2.03. The monoisotopic (exact) mass is 351 g/mol. The number of likely N-dealkylation sites (N-methyl/N-ethyl adjacent to an activating group) is 1. The van der Waals surface area contributed by atoms with Crippen molar-refractivity contribution in [2.45, 2.75) is 6.54 Å². The lowest BCUT2D eigenvalue weighted by Gasteiger charge is -2.15. The molecule has 7 heteroatoms. The molecular weight excluding hydrogens is 330 g/mol. The minimum absolute atomic E-state index is 0.166. The molecule has 2 heterocycles. The third-order valence-corrected chi connectivity index (χ3v) is 3.99. The zero-order valence-corrected chi connectivity index (χ0v) is 14.8. The number of pyridine rings is 1. The first-order chi connectivity index (χ1) is 12.6. The van der Waals surface area contributed by atoms with Crippen molar-refractivity contribution in [2.24, 2.45) is 0 Å². The van der Waals surface area contributed by atoms with Gasteiger partial charge in [0.2, 0.25) is 0 Å². The summed E-state index contributed by atoms with van der Waals surface area (Å²) in [4.78, 5) is 17.6. The van der Waals surface area contributed by atoms with Crippen molar-refractivity contribution in [2.75, 3.05) is 26.0 Å². The van der Waals surface area contributed by atoms with Crippen molar-refractivity contribution < 1.29 is 9.90 Å². The van der Waals surface area contributed by atoms with Crippen LogP contribution in [0.1, 0.15) is 10.4 Å². The SMILES string of the molecule is CN(C)CCn1ncc(-c2ccccc2)c1Nc1cnccc1C(=O)O. The van der Waals surface area contributed by atoms with Crippen LogP contribution in [0.2, 0.25) is 0 Å². The predicted molar refractivity (Wildman–Crippen MR) is 101 cm³/mol. The number of benzene rings is 1. The van der Waals surface area contributed by atoms with Crippen LogP contribution in [0.4, 0.5) is 11.5 Å². The third kappa shape index (κ3) is 3.89. The Bertz CT molecular complexity index is 890. The predicted octanol–water partition coefficient (Wildman–Crippen LogP) is 2.95. The molecule has 0 aliphatic carbocycles. The standard InChI is InChI=1S/C19H21N5O2/c1-23(2)10-11-24-18(16(12-21-24)14-6-4-3-5-7-14)22-17-13-20-9-8-15(17)19(25)26/h3-9,12-13,22H,10-11H2,1-2H3,(H,25,26). The Morgan fingerprint density at radius 2 is 1.96 bits per heavy atom. The van der Waals surface area contributed by atoms with E-state index in [1.165, 1.54) is 18.5 Å². The van der Waals surface area contributed by atoms with Crippen LogP contribution in [0.5, 0.6) is 0 Å². The van der Waals surface area contributed by atoms with Crippen molar-refractivity contribution in [3.8, 4) is 11.1 Å². The summed E-state index contributed by atoms with van der Waals surface area (Å²) in [7, 11) is 4.00. The number of nitrogens with zero attached hydrogens (tertiary/aromatic N) is 4. The highest BCUT2D eigenvalue weighted by Gasteiger charge is 2.16. The molecule has 26 heavy (non-hydrogen) atoms. The smallest absolute Gasteiger partial charge is 0.337 e. The summed E-state index contributed by atoms with van der Waals surface area (Å²) in [5, 5.41) is 17.2. The minimum atomic E-state index is -1.00. The number of anilines is 2. The molecule has 0 radical (unpaired) electrons. The van der Waals surface area contributed by atoms with Crippen molar-refractivity contribution in [3.05, 3.63) is 60.6 Å². The van der Waals surface area contributed by atoms with Gasteiger partial charge in [-0.25, -0.2) is 9.48 Å². The quantitative estimate of drug-likeness (QED) is 0.681. The van der Waals surface area contributed by atoms with E-state index in [0.717, 1.165) is 23.5 Å². The Morgan fingerprint density at radius 3 is 2.65 bits per heavy atom. The second-order valence-electron chi connectivity index (χ2n) is 6.15. The van der Waals surface area contributed by atoms with Crippen LogP contribution < -0.4 is 5.32 Å². The van der Waals surface area contributed by atoms with Crippen molar-refractivity contribution in [1.82, 2.24) is 19.7 Å². The highest BCUT2D eigenvalue weighted by Crippen LogP contribution is 2.31. The fourth-order valence-electron chi connectivity index (χ4n) is 2.62. The van der Waals surface area contributed by atoms with Gasteiger partial charge < -0.3 is 15.3 Å². The number of aromatic carboxylic acids is 1. The molecule has 0 saturated heterocycles. The topological polar surface area (TPSA) is 83.3 Å². The van der Waals surface area contributed by atoms with Gasteiger partial charge >= 0.3 is 5.97 Å². The summed E-state index contributed by atoms with van der Waals surface area (Å²) in [6.45, 7) is 1.48. The lowest BCUT2D eigenvalue weighted by molar-refractivity contribution is 0.0698. The molecule has 0 unspecified atom stereocenters. The Morgan fingerprint density at radius 1 is 1.19 bits per heavy atom. The molecule has 0 aliphatic rings. The van der Waals surface area contributed by atoms with Gasteiger partial charge in [0.25, 0.3) is 0 Å². The van der Waals surface area contributed by atoms with Gasteiger partial charge in [-0.05, 0) is 25.7 Å². The first-order valence-corrected chi connectivity index (χ1v) is 8.26. The molecule has 0 atom stereocenters. The van der Waals surface area contributed by atoms with Crippen molar-refractivity contribution in [3.63, 3.8) is 0 Å². The second-order valence-corrected chi connectivity index (χ2v) is 6.15. The average molecular weight is 351 g/mol. The zero-order valence-electron chi connectivity index (χ0n) is 14.8. The summed E-state index contributed by atoms with van der Waals surface area (Å²) < 4.78 is 1.85. The van der Waals surface area contributed by atoms with Gasteiger partial charge in [0.15, 0.2) is 0 Å². The zero-order chi connectivity index (χ0) is 18.5. The van der Waals surface area contributed by atoms with E-state index in [4.69, 9.17) is 0 Å². The van der Waals surface area contributed by atoms with E-state index >= 15 is 0 Å². The molecule has 134 valence electrons. The molecule has 0 aliphatic heterocycles. The number of hydrogen-bond donors (Lipinski definition) is 2. The number of carboxylic acids is 1. The van der Waals surface area contributed by atoms with Gasteiger partial charge in [0, 0.05) is 18.3 Å². The van der Waals surface area contributed by atoms with Crippen LogP contribution in [0.15, 0.2) is 55.0 Å². The van der Waals surface area contributed by atoms with Crippen LogP contribution in [0.3, 0.4) is 0 Å². The summed E-state index contributed by atoms with van der Waals surface area (Å²) >= 11 is 0. The first-order valence-electron chi connectivity index (χ1n) is 8.26. The van der Waals surface area contributed by atoms with Crippen molar-refractivity contribution in [1.29, 1.82) is 0 Å². The fraction of sp³-hybridized carbons (Fsp3) is 0.211. The van der Waals surface area contributed by atoms with Gasteiger partial charge in [0.05, 0.1) is 30.2 Å². The molecule has 2 aromatic heterocycles. The van der Waals surface area contributed by atoms with E-state index in [1.807, 2.05) is 49.1 Å². The van der Waals surface area contributed by atoms with Gasteiger partial charge in [-0.15, -0.1) is 0 Å². The lowest BCUT2D eigenvalue weighted by atomic mass is 10.1. The van der Waals surface area contributed by atoms with Crippen molar-refractivity contribution >= 4 is 17.5 Å². The number of carbonyl (C=O) groups is 1. The number of hydrogen-bond acceptors (Lipinski definition) is 5. The van der Waals surface area contributed by atoms with E-state index in [0.29, 0.717) is 12.2 Å². The van der Waals surface area contributed by atoms with E-state index in [1.54, 1.807) is 6.20 Å². The normalized spacial score (nSPS) is 10.9. The average Bonchev–Trinajstić information content (AvgIpc) is 3.03. The molecule has 0 fully saturated rings. The number of rotatable bonds is 7. The molecular formula is C19H21N5O2. The maximum Gasteiger partial charge on any atom is 0.337 e. The fourth-order valence-corrected chi connectivity index (χ4v) is 2.62. The number of aromatic nitrogens is 3. The van der Waals surface area contributed by atoms with Crippen LogP contribution in [0, 0.1) is 0 Å². The molecule has 0 spiro atoms. The van der Waals surface area contributed by atoms with E-state index < -0.39 is 5.97 Å². The van der Waals surface area contributed by atoms with Crippen LogP contribution in [-0.4, -0.2) is 51.4 Å². The van der Waals surface area contributed by atoms with Gasteiger partial charge in [-0.1, -0.05) is 30.3 Å². The van der Waals surface area contributed by atoms with Crippen LogP contribution in [0.25, 0.3) is 11.1 Å². The van der Waals surface area contributed by atoms with Gasteiger partial charge in [0.1, 0.15) is 5.82 Å². The highest BCUT2D eigenvalue weighted by molar-refractivity contribution is 5.95. The Labute approximate surface area is 151 Å².